The zero-order valence-corrected chi connectivity index (χ0v) is 14.9. The molecule has 126 valence electrons. The highest BCUT2D eigenvalue weighted by atomic mass is 32.2. The molecule has 1 saturated heterocycles. The maximum Gasteiger partial charge on any atom is 0.240 e. The Morgan fingerprint density at radius 3 is 2.29 bits per heavy atom. The van der Waals surface area contributed by atoms with Crippen molar-refractivity contribution in [3.05, 3.63) is 66.2 Å². The summed E-state index contributed by atoms with van der Waals surface area (Å²) in [6.45, 7) is 3.67. The first-order valence-electron chi connectivity index (χ1n) is 8.48. The summed E-state index contributed by atoms with van der Waals surface area (Å²) in [6.07, 6.45) is 1.04. The molecule has 1 aliphatic heterocycles. The van der Waals surface area contributed by atoms with Gasteiger partial charge in [-0.1, -0.05) is 48.5 Å². The Labute approximate surface area is 148 Å². The topological polar surface area (TPSA) is 23.6 Å². The Balaban J connectivity index is 1.82. The lowest BCUT2D eigenvalue weighted by Gasteiger charge is -2.26. The molecule has 0 saturated carbocycles. The third-order valence-electron chi connectivity index (χ3n) is 4.35. The lowest BCUT2D eigenvalue weighted by molar-refractivity contribution is -0.130. The summed E-state index contributed by atoms with van der Waals surface area (Å²) in [7, 11) is 2.13. The molecule has 0 spiro atoms. The molecule has 0 aromatic heterocycles. The van der Waals surface area contributed by atoms with E-state index in [1.807, 2.05) is 41.3 Å². The molecule has 1 aliphatic rings. The molecule has 0 bridgehead atoms. The van der Waals surface area contributed by atoms with Gasteiger partial charge in [-0.2, -0.15) is 0 Å². The second-order valence-electron chi connectivity index (χ2n) is 6.20. The fourth-order valence-electron chi connectivity index (χ4n) is 2.96. The SMILES string of the molecule is CN1CCCN(C(=O)C(Sc2ccccc2)c2ccccc2)CC1. The van der Waals surface area contributed by atoms with Crippen LogP contribution in [0.4, 0.5) is 0 Å². The number of hydrogen-bond acceptors (Lipinski definition) is 3. The van der Waals surface area contributed by atoms with Gasteiger partial charge in [0.1, 0.15) is 5.25 Å². The molecular weight excluding hydrogens is 316 g/mol. The van der Waals surface area contributed by atoms with Crippen molar-refractivity contribution in [1.29, 1.82) is 0 Å². The average Bonchev–Trinajstić information content (AvgIpc) is 2.85. The van der Waals surface area contributed by atoms with Crippen LogP contribution >= 0.6 is 11.8 Å². The predicted octanol–water partition coefficient (Wildman–Crippen LogP) is 3.68. The summed E-state index contributed by atoms with van der Waals surface area (Å²) in [5, 5.41) is -0.183. The van der Waals surface area contributed by atoms with E-state index in [2.05, 4.69) is 36.2 Å². The first-order chi connectivity index (χ1) is 11.7. The van der Waals surface area contributed by atoms with E-state index < -0.39 is 0 Å². The van der Waals surface area contributed by atoms with Crippen LogP contribution < -0.4 is 0 Å². The van der Waals surface area contributed by atoms with Crippen molar-refractivity contribution in [1.82, 2.24) is 9.80 Å². The van der Waals surface area contributed by atoms with E-state index in [-0.39, 0.29) is 11.2 Å². The number of benzene rings is 2. The Kier molecular flexibility index (Phi) is 5.94. The van der Waals surface area contributed by atoms with Gasteiger partial charge in [0, 0.05) is 24.5 Å². The number of carbonyl (C=O) groups is 1. The summed E-state index contributed by atoms with van der Waals surface area (Å²) in [5.74, 6) is 0.227. The molecule has 1 unspecified atom stereocenters. The maximum atomic E-state index is 13.2. The molecule has 24 heavy (non-hydrogen) atoms. The van der Waals surface area contributed by atoms with E-state index in [0.717, 1.165) is 43.1 Å². The molecule has 0 radical (unpaired) electrons. The third kappa shape index (κ3) is 4.40. The minimum absolute atomic E-state index is 0.183. The van der Waals surface area contributed by atoms with Gasteiger partial charge in [0.15, 0.2) is 0 Å². The second kappa shape index (κ2) is 8.36. The van der Waals surface area contributed by atoms with Crippen molar-refractivity contribution in [3.8, 4) is 0 Å². The maximum absolute atomic E-state index is 13.2. The number of rotatable bonds is 4. The molecule has 3 nitrogen and oxygen atoms in total. The van der Waals surface area contributed by atoms with Crippen LogP contribution in [0, 0.1) is 0 Å². The second-order valence-corrected chi connectivity index (χ2v) is 7.38. The van der Waals surface area contributed by atoms with Gasteiger partial charge < -0.3 is 9.80 Å². The zero-order chi connectivity index (χ0) is 16.8. The molecule has 2 aromatic rings. The quantitative estimate of drug-likeness (QED) is 0.793. The van der Waals surface area contributed by atoms with Crippen molar-refractivity contribution >= 4 is 17.7 Å². The molecule has 4 heteroatoms. The van der Waals surface area contributed by atoms with E-state index in [9.17, 15) is 4.79 Å². The smallest absolute Gasteiger partial charge is 0.240 e. The van der Waals surface area contributed by atoms with Crippen LogP contribution in [-0.4, -0.2) is 48.9 Å². The lowest BCUT2D eigenvalue weighted by atomic mass is 10.1. The van der Waals surface area contributed by atoms with E-state index in [1.165, 1.54) is 0 Å². The molecule has 0 aliphatic carbocycles. The van der Waals surface area contributed by atoms with Crippen molar-refractivity contribution in [3.63, 3.8) is 0 Å². The van der Waals surface area contributed by atoms with Crippen molar-refractivity contribution in [2.75, 3.05) is 33.2 Å². The molecule has 2 aromatic carbocycles. The third-order valence-corrected chi connectivity index (χ3v) is 5.61. The molecule has 0 N–H and O–H groups in total. The van der Waals surface area contributed by atoms with Crippen LogP contribution in [0.25, 0.3) is 0 Å². The Hall–Kier alpha value is -1.78. The van der Waals surface area contributed by atoms with Crippen LogP contribution in [0.2, 0.25) is 0 Å². The summed E-state index contributed by atoms with van der Waals surface area (Å²) in [4.78, 5) is 18.7. The monoisotopic (exact) mass is 340 g/mol. The summed E-state index contributed by atoms with van der Waals surface area (Å²) >= 11 is 1.65. The zero-order valence-electron chi connectivity index (χ0n) is 14.1. The Morgan fingerprint density at radius 2 is 1.58 bits per heavy atom. The molecule has 1 amide bonds. The highest BCUT2D eigenvalue weighted by Crippen LogP contribution is 2.36. The fourth-order valence-corrected chi connectivity index (χ4v) is 4.09. The fraction of sp³-hybridized carbons (Fsp3) is 0.350. The Morgan fingerprint density at radius 1 is 0.917 bits per heavy atom. The van der Waals surface area contributed by atoms with Gasteiger partial charge in [0.25, 0.3) is 0 Å². The molecule has 1 fully saturated rings. The number of carbonyl (C=O) groups excluding carboxylic acids is 1. The van der Waals surface area contributed by atoms with Gasteiger partial charge in [0.05, 0.1) is 0 Å². The molecule has 1 atom stereocenters. The van der Waals surface area contributed by atoms with Crippen LogP contribution in [-0.2, 0) is 4.79 Å². The molecular formula is C20H24N2OS. The van der Waals surface area contributed by atoms with Crippen LogP contribution in [0.15, 0.2) is 65.6 Å². The van der Waals surface area contributed by atoms with Gasteiger partial charge >= 0.3 is 0 Å². The van der Waals surface area contributed by atoms with Crippen molar-refractivity contribution in [2.45, 2.75) is 16.6 Å². The minimum atomic E-state index is -0.183. The van der Waals surface area contributed by atoms with Gasteiger partial charge in [-0.15, -0.1) is 11.8 Å². The Bertz CT molecular complexity index is 647. The highest BCUT2D eigenvalue weighted by molar-refractivity contribution is 8.00. The van der Waals surface area contributed by atoms with Crippen LogP contribution in [0.3, 0.4) is 0 Å². The van der Waals surface area contributed by atoms with Crippen molar-refractivity contribution in [2.24, 2.45) is 0 Å². The van der Waals surface area contributed by atoms with Gasteiger partial charge in [-0.25, -0.2) is 0 Å². The number of amides is 1. The molecule has 1 heterocycles. The van der Waals surface area contributed by atoms with E-state index in [4.69, 9.17) is 0 Å². The number of thioether (sulfide) groups is 1. The van der Waals surface area contributed by atoms with Gasteiger partial charge in [0.2, 0.25) is 5.91 Å². The highest BCUT2D eigenvalue weighted by Gasteiger charge is 2.27. The van der Waals surface area contributed by atoms with Crippen LogP contribution in [0.5, 0.6) is 0 Å². The minimum Gasteiger partial charge on any atom is -0.340 e. The number of likely N-dealkylation sites (N-methyl/N-ethyl adjacent to an activating group) is 1. The molecule has 3 rings (SSSR count). The number of hydrogen-bond donors (Lipinski definition) is 0. The van der Waals surface area contributed by atoms with Gasteiger partial charge in [-0.3, -0.25) is 4.79 Å². The summed E-state index contributed by atoms with van der Waals surface area (Å²) in [6, 6.07) is 20.3. The summed E-state index contributed by atoms with van der Waals surface area (Å²) < 4.78 is 0. The first kappa shape index (κ1) is 17.1. The van der Waals surface area contributed by atoms with E-state index >= 15 is 0 Å². The van der Waals surface area contributed by atoms with Crippen LogP contribution in [0.1, 0.15) is 17.2 Å². The van der Waals surface area contributed by atoms with Crippen molar-refractivity contribution < 1.29 is 4.79 Å². The lowest BCUT2D eigenvalue weighted by Crippen LogP contribution is -2.37. The van der Waals surface area contributed by atoms with E-state index in [0.29, 0.717) is 0 Å². The standard InChI is InChI=1S/C20H24N2OS/c1-21-13-8-14-22(16-15-21)20(23)19(17-9-4-2-5-10-17)24-18-11-6-3-7-12-18/h2-7,9-12,19H,8,13-16H2,1H3. The average molecular weight is 340 g/mol. The summed E-state index contributed by atoms with van der Waals surface area (Å²) in [5.41, 5.74) is 1.08. The normalized spacial score (nSPS) is 17.3. The predicted molar refractivity (Wildman–Crippen MR) is 100 cm³/mol. The largest absolute Gasteiger partial charge is 0.340 e. The first-order valence-corrected chi connectivity index (χ1v) is 9.36. The van der Waals surface area contributed by atoms with E-state index in [1.54, 1.807) is 11.8 Å². The number of nitrogens with zero attached hydrogens (tertiary/aromatic N) is 2. The van der Waals surface area contributed by atoms with Gasteiger partial charge in [-0.05, 0) is 37.7 Å².